The van der Waals surface area contributed by atoms with E-state index in [9.17, 15) is 0 Å². The molecule has 0 atom stereocenters. The van der Waals surface area contributed by atoms with Crippen LogP contribution in [0.3, 0.4) is 0 Å². The van der Waals surface area contributed by atoms with Crippen LogP contribution in [0, 0.1) is 6.92 Å². The lowest BCUT2D eigenvalue weighted by Crippen LogP contribution is -2.21. The molecule has 0 fully saturated rings. The Hall–Kier alpha value is -1.45. The first-order valence-corrected chi connectivity index (χ1v) is 6.36. The monoisotopic (exact) mass is 264 g/mol. The number of halogens is 1. The smallest absolute Gasteiger partial charge is 0.117 e. The van der Waals surface area contributed by atoms with Crippen molar-refractivity contribution >= 4 is 17.3 Å². The summed E-state index contributed by atoms with van der Waals surface area (Å²) >= 11 is 6.05. The minimum Gasteiger partial charge on any atom is -0.468 e. The fourth-order valence-electron chi connectivity index (χ4n) is 1.62. The van der Waals surface area contributed by atoms with Crippen LogP contribution in [-0.4, -0.2) is 13.1 Å². The summed E-state index contributed by atoms with van der Waals surface area (Å²) in [7, 11) is 0. The van der Waals surface area contributed by atoms with Crippen molar-refractivity contribution < 1.29 is 4.42 Å². The molecule has 0 saturated carbocycles. The van der Waals surface area contributed by atoms with E-state index >= 15 is 0 Å². The van der Waals surface area contributed by atoms with Gasteiger partial charge < -0.3 is 15.1 Å². The molecule has 0 radical (unpaired) electrons. The third-order valence-electron chi connectivity index (χ3n) is 2.68. The van der Waals surface area contributed by atoms with E-state index in [2.05, 4.69) is 10.6 Å². The second-order valence-corrected chi connectivity index (χ2v) is 4.55. The number of benzene rings is 1. The highest BCUT2D eigenvalue weighted by atomic mass is 35.5. The molecule has 4 heteroatoms. The van der Waals surface area contributed by atoms with Crippen molar-refractivity contribution in [3.8, 4) is 0 Å². The van der Waals surface area contributed by atoms with Crippen LogP contribution in [-0.2, 0) is 6.54 Å². The first-order chi connectivity index (χ1) is 8.75. The molecule has 0 bridgehead atoms. The van der Waals surface area contributed by atoms with E-state index in [0.717, 1.165) is 41.7 Å². The Balaban J connectivity index is 1.67. The Morgan fingerprint density at radius 1 is 1.22 bits per heavy atom. The van der Waals surface area contributed by atoms with Gasteiger partial charge in [0, 0.05) is 23.8 Å². The fraction of sp³-hybridized carbons (Fsp3) is 0.286. The van der Waals surface area contributed by atoms with Gasteiger partial charge in [-0.1, -0.05) is 17.7 Å². The molecule has 0 aliphatic heterocycles. The largest absolute Gasteiger partial charge is 0.468 e. The van der Waals surface area contributed by atoms with Crippen LogP contribution >= 0.6 is 11.6 Å². The van der Waals surface area contributed by atoms with Crippen molar-refractivity contribution in [1.29, 1.82) is 0 Å². The molecule has 0 unspecified atom stereocenters. The maximum absolute atomic E-state index is 6.05. The number of hydrogen-bond donors (Lipinski definition) is 2. The number of aryl methyl sites for hydroxylation is 1. The molecule has 96 valence electrons. The van der Waals surface area contributed by atoms with Crippen LogP contribution in [0.25, 0.3) is 0 Å². The van der Waals surface area contributed by atoms with Gasteiger partial charge >= 0.3 is 0 Å². The van der Waals surface area contributed by atoms with Crippen LogP contribution in [0.15, 0.2) is 41.0 Å². The second kappa shape index (κ2) is 6.47. The van der Waals surface area contributed by atoms with Crippen LogP contribution < -0.4 is 10.6 Å². The lowest BCUT2D eigenvalue weighted by atomic mass is 10.2. The molecule has 18 heavy (non-hydrogen) atoms. The summed E-state index contributed by atoms with van der Waals surface area (Å²) in [5, 5.41) is 7.40. The van der Waals surface area contributed by atoms with Gasteiger partial charge in [0.25, 0.3) is 0 Å². The first-order valence-electron chi connectivity index (χ1n) is 5.99. The molecule has 3 nitrogen and oxygen atoms in total. The fourth-order valence-corrected chi connectivity index (χ4v) is 1.80. The van der Waals surface area contributed by atoms with Crippen molar-refractivity contribution in [3.05, 3.63) is 52.9 Å². The van der Waals surface area contributed by atoms with Gasteiger partial charge in [0.15, 0.2) is 0 Å². The highest BCUT2D eigenvalue weighted by Gasteiger charge is 1.97. The number of nitrogens with one attached hydrogen (secondary N) is 2. The van der Waals surface area contributed by atoms with Crippen molar-refractivity contribution in [1.82, 2.24) is 5.32 Å². The maximum Gasteiger partial charge on any atom is 0.117 e. The number of hydrogen-bond acceptors (Lipinski definition) is 3. The minimum atomic E-state index is 0.753. The Labute approximate surface area is 112 Å². The summed E-state index contributed by atoms with van der Waals surface area (Å²) in [4.78, 5) is 0. The van der Waals surface area contributed by atoms with Gasteiger partial charge in [-0.15, -0.1) is 0 Å². The lowest BCUT2D eigenvalue weighted by molar-refractivity contribution is 0.486. The first kappa shape index (κ1) is 13.0. The molecule has 2 N–H and O–H groups in total. The average molecular weight is 265 g/mol. The highest BCUT2D eigenvalue weighted by molar-refractivity contribution is 6.31. The summed E-state index contributed by atoms with van der Waals surface area (Å²) in [6.45, 7) is 4.46. The van der Waals surface area contributed by atoms with E-state index in [-0.39, 0.29) is 0 Å². The van der Waals surface area contributed by atoms with Crippen LogP contribution in [0.2, 0.25) is 5.02 Å². The molecule has 0 aliphatic carbocycles. The van der Waals surface area contributed by atoms with E-state index < -0.39 is 0 Å². The Kier molecular flexibility index (Phi) is 4.67. The van der Waals surface area contributed by atoms with Gasteiger partial charge in [0.05, 0.1) is 12.8 Å². The molecular formula is C14H17ClN2O. The van der Waals surface area contributed by atoms with Gasteiger partial charge in [0.2, 0.25) is 0 Å². The van der Waals surface area contributed by atoms with Crippen molar-refractivity contribution in [2.45, 2.75) is 13.5 Å². The minimum absolute atomic E-state index is 0.753. The molecule has 0 aliphatic rings. The van der Waals surface area contributed by atoms with E-state index in [1.165, 1.54) is 0 Å². The summed E-state index contributed by atoms with van der Waals surface area (Å²) in [6.07, 6.45) is 1.68. The molecule has 2 aromatic rings. The Morgan fingerprint density at radius 2 is 2.11 bits per heavy atom. The summed E-state index contributed by atoms with van der Waals surface area (Å²) in [6, 6.07) is 9.85. The van der Waals surface area contributed by atoms with E-state index in [1.807, 2.05) is 37.3 Å². The van der Waals surface area contributed by atoms with E-state index in [4.69, 9.17) is 16.0 Å². The van der Waals surface area contributed by atoms with Crippen LogP contribution in [0.4, 0.5) is 5.69 Å². The van der Waals surface area contributed by atoms with E-state index in [0.29, 0.717) is 0 Å². The molecule has 1 heterocycles. The lowest BCUT2D eigenvalue weighted by Gasteiger charge is -2.08. The molecular weight excluding hydrogens is 248 g/mol. The predicted molar refractivity (Wildman–Crippen MR) is 75.1 cm³/mol. The zero-order valence-electron chi connectivity index (χ0n) is 10.4. The molecule has 0 saturated heterocycles. The summed E-state index contributed by atoms with van der Waals surface area (Å²) in [5.74, 6) is 0.952. The van der Waals surface area contributed by atoms with Gasteiger partial charge in [-0.2, -0.15) is 0 Å². The quantitative estimate of drug-likeness (QED) is 0.785. The van der Waals surface area contributed by atoms with E-state index in [1.54, 1.807) is 6.26 Å². The standard InChI is InChI=1S/C14H17ClN2O/c1-11-4-5-12(9-14(11)15)17-7-6-16-10-13-3-2-8-18-13/h2-5,8-9,16-17H,6-7,10H2,1H3. The molecule has 2 rings (SSSR count). The third kappa shape index (κ3) is 3.79. The zero-order valence-corrected chi connectivity index (χ0v) is 11.1. The number of anilines is 1. The average Bonchev–Trinajstić information content (AvgIpc) is 2.86. The van der Waals surface area contributed by atoms with Crippen molar-refractivity contribution in [2.24, 2.45) is 0 Å². The predicted octanol–water partition coefficient (Wildman–Crippen LogP) is 3.44. The van der Waals surface area contributed by atoms with Crippen molar-refractivity contribution in [3.63, 3.8) is 0 Å². The summed E-state index contributed by atoms with van der Waals surface area (Å²) in [5.41, 5.74) is 2.14. The highest BCUT2D eigenvalue weighted by Crippen LogP contribution is 2.19. The number of rotatable bonds is 6. The normalized spacial score (nSPS) is 10.6. The molecule has 1 aromatic carbocycles. The molecule has 1 aromatic heterocycles. The Morgan fingerprint density at radius 3 is 2.83 bits per heavy atom. The summed E-state index contributed by atoms with van der Waals surface area (Å²) < 4.78 is 5.23. The molecule has 0 spiro atoms. The van der Waals surface area contributed by atoms with Crippen molar-refractivity contribution in [2.75, 3.05) is 18.4 Å². The van der Waals surface area contributed by atoms with Gasteiger partial charge in [-0.05, 0) is 36.8 Å². The molecule has 0 amide bonds. The number of furan rings is 1. The van der Waals surface area contributed by atoms with Crippen LogP contribution in [0.1, 0.15) is 11.3 Å². The maximum atomic E-state index is 6.05. The van der Waals surface area contributed by atoms with Gasteiger partial charge in [-0.3, -0.25) is 0 Å². The SMILES string of the molecule is Cc1ccc(NCCNCc2ccco2)cc1Cl. The zero-order chi connectivity index (χ0) is 12.8. The Bertz CT molecular complexity index is 483. The third-order valence-corrected chi connectivity index (χ3v) is 3.09. The topological polar surface area (TPSA) is 37.2 Å². The van der Waals surface area contributed by atoms with Gasteiger partial charge in [0.1, 0.15) is 5.76 Å². The second-order valence-electron chi connectivity index (χ2n) is 4.15. The van der Waals surface area contributed by atoms with Gasteiger partial charge in [-0.25, -0.2) is 0 Å². The van der Waals surface area contributed by atoms with Crippen LogP contribution in [0.5, 0.6) is 0 Å².